The average molecular weight is 501 g/mol. The van der Waals surface area contributed by atoms with Crippen LogP contribution in [0.5, 0.6) is 0 Å². The number of nitrogens with one attached hydrogen (secondary N) is 2. The van der Waals surface area contributed by atoms with Gasteiger partial charge < -0.3 is 15.5 Å². The molecule has 12 heteroatoms. The molecule has 1 aliphatic heterocycles. The van der Waals surface area contributed by atoms with Crippen LogP contribution in [0.2, 0.25) is 0 Å². The van der Waals surface area contributed by atoms with Gasteiger partial charge in [-0.2, -0.15) is 23.3 Å². The maximum atomic E-state index is 12.8. The topological polar surface area (TPSA) is 101 Å². The van der Waals surface area contributed by atoms with Crippen molar-refractivity contribution in [3.8, 4) is 0 Å². The van der Waals surface area contributed by atoms with Gasteiger partial charge in [0.2, 0.25) is 11.9 Å². The number of amides is 1. The van der Waals surface area contributed by atoms with Crippen molar-refractivity contribution in [3.05, 3.63) is 52.7 Å². The van der Waals surface area contributed by atoms with Gasteiger partial charge in [0.15, 0.2) is 5.82 Å². The number of hydrogen-bond donors (Lipinski definition) is 2. The normalized spacial score (nSPS) is 19.3. The minimum absolute atomic E-state index is 0.0543. The Labute approximate surface area is 206 Å². The zero-order valence-corrected chi connectivity index (χ0v) is 20.4. The number of pyridine rings is 1. The summed E-state index contributed by atoms with van der Waals surface area (Å²) in [5.74, 6) is 1.18. The van der Waals surface area contributed by atoms with Gasteiger partial charge in [0.1, 0.15) is 17.4 Å². The molecular weight excluding hydrogens is 473 g/mol. The largest absolute Gasteiger partial charge is 0.433 e. The second-order valence-corrected chi connectivity index (χ2v) is 9.61. The van der Waals surface area contributed by atoms with E-state index in [0.29, 0.717) is 35.3 Å². The van der Waals surface area contributed by atoms with Crippen molar-refractivity contribution in [2.75, 3.05) is 22.6 Å². The predicted octanol–water partition coefficient (Wildman–Crippen LogP) is 3.96. The fraction of sp³-hybridized carbons (Fsp3) is 0.458. The van der Waals surface area contributed by atoms with E-state index < -0.39 is 11.9 Å². The Morgan fingerprint density at radius 1 is 1.22 bits per heavy atom. The number of aryl methyl sites for hydroxylation is 1. The third kappa shape index (κ3) is 4.24. The minimum atomic E-state index is -4.46. The monoisotopic (exact) mass is 500 g/mol. The Kier molecular flexibility index (Phi) is 5.84. The molecule has 2 aliphatic rings. The Morgan fingerprint density at radius 3 is 2.67 bits per heavy atom. The van der Waals surface area contributed by atoms with E-state index in [1.807, 2.05) is 32.7 Å². The smallest absolute Gasteiger partial charge is 0.347 e. The van der Waals surface area contributed by atoms with Crippen molar-refractivity contribution >= 4 is 23.4 Å². The third-order valence-corrected chi connectivity index (χ3v) is 6.75. The fourth-order valence-electron chi connectivity index (χ4n) is 5.01. The van der Waals surface area contributed by atoms with Crippen LogP contribution in [0.25, 0.3) is 0 Å². The first-order valence-corrected chi connectivity index (χ1v) is 11.8. The summed E-state index contributed by atoms with van der Waals surface area (Å²) in [5.41, 5.74) is 3.06. The van der Waals surface area contributed by atoms with Gasteiger partial charge in [-0.3, -0.25) is 14.5 Å². The molecule has 1 amide bonds. The number of carbonyl (C=O) groups excluding carboxylic acids is 1. The van der Waals surface area contributed by atoms with Gasteiger partial charge in [-0.15, -0.1) is 0 Å². The van der Waals surface area contributed by atoms with Crippen LogP contribution < -0.4 is 15.5 Å². The van der Waals surface area contributed by atoms with Crippen LogP contribution in [0.15, 0.2) is 24.5 Å². The molecular formula is C24H27F3N8O. The maximum absolute atomic E-state index is 12.8. The number of hydrogen-bond acceptors (Lipinski definition) is 7. The minimum Gasteiger partial charge on any atom is -0.347 e. The van der Waals surface area contributed by atoms with Crippen molar-refractivity contribution in [1.82, 2.24) is 24.7 Å². The van der Waals surface area contributed by atoms with Gasteiger partial charge in [-0.05, 0) is 37.3 Å². The highest BCUT2D eigenvalue weighted by molar-refractivity contribution is 6.03. The van der Waals surface area contributed by atoms with E-state index in [4.69, 9.17) is 4.98 Å². The molecule has 0 bridgehead atoms. The summed E-state index contributed by atoms with van der Waals surface area (Å²) in [6.07, 6.45) is 0.127. The molecule has 0 fully saturated rings. The van der Waals surface area contributed by atoms with E-state index >= 15 is 0 Å². The summed E-state index contributed by atoms with van der Waals surface area (Å²) in [6.45, 7) is 6.17. The van der Waals surface area contributed by atoms with E-state index in [1.54, 1.807) is 10.9 Å². The van der Waals surface area contributed by atoms with E-state index in [2.05, 4.69) is 25.7 Å². The second-order valence-electron chi connectivity index (χ2n) is 9.61. The lowest BCUT2D eigenvalue weighted by Gasteiger charge is -2.37. The average Bonchev–Trinajstić information content (AvgIpc) is 3.38. The maximum Gasteiger partial charge on any atom is 0.433 e. The van der Waals surface area contributed by atoms with Crippen LogP contribution in [0.1, 0.15) is 54.5 Å². The number of alkyl halides is 3. The Hall–Kier alpha value is -3.70. The van der Waals surface area contributed by atoms with Crippen LogP contribution in [-0.4, -0.2) is 43.7 Å². The molecule has 0 saturated heterocycles. The molecule has 1 aliphatic carbocycles. The molecule has 0 saturated carbocycles. The summed E-state index contributed by atoms with van der Waals surface area (Å²) in [7, 11) is 1.87. The standard InChI is InChI=1S/C24H27F3N8O/c1-12(2)20-22(36)32-19-13(3)30-23(33-21(19)34(20)4)31-16-6-7-17-15(16)10-29-35(17)11-14-5-8-18(28-9-14)24(25,26)27/h5,8-10,12,16,20H,6-7,11H2,1-4H3,(H,32,36)(H,30,31,33)/t16-,20+/m1/s1. The first-order valence-electron chi connectivity index (χ1n) is 11.8. The fourth-order valence-corrected chi connectivity index (χ4v) is 5.01. The number of fused-ring (bicyclic) bond motifs is 2. The Balaban J connectivity index is 1.34. The molecule has 0 spiro atoms. The molecule has 3 aromatic heterocycles. The first-order chi connectivity index (χ1) is 17.0. The van der Waals surface area contributed by atoms with Gasteiger partial charge in [0, 0.05) is 24.5 Å². The summed E-state index contributed by atoms with van der Waals surface area (Å²) < 4.78 is 40.2. The molecule has 0 unspecified atom stereocenters. The quantitative estimate of drug-likeness (QED) is 0.547. The predicted molar refractivity (Wildman–Crippen MR) is 128 cm³/mol. The van der Waals surface area contributed by atoms with Crippen molar-refractivity contribution in [1.29, 1.82) is 0 Å². The lowest BCUT2D eigenvalue weighted by molar-refractivity contribution is -0.141. The van der Waals surface area contributed by atoms with Crippen molar-refractivity contribution in [3.63, 3.8) is 0 Å². The van der Waals surface area contributed by atoms with Gasteiger partial charge in [0.05, 0.1) is 24.5 Å². The molecule has 5 rings (SSSR count). The molecule has 2 N–H and O–H groups in total. The summed E-state index contributed by atoms with van der Waals surface area (Å²) >= 11 is 0. The van der Waals surface area contributed by atoms with Crippen molar-refractivity contribution in [2.45, 2.75) is 58.4 Å². The number of carbonyl (C=O) groups is 1. The van der Waals surface area contributed by atoms with Gasteiger partial charge >= 0.3 is 6.18 Å². The Bertz CT molecular complexity index is 1300. The first kappa shape index (κ1) is 24.0. The lowest BCUT2D eigenvalue weighted by Crippen LogP contribution is -2.49. The molecule has 0 radical (unpaired) electrons. The van der Waals surface area contributed by atoms with E-state index in [9.17, 15) is 18.0 Å². The van der Waals surface area contributed by atoms with Gasteiger partial charge in [0.25, 0.3) is 0 Å². The molecule has 4 heterocycles. The summed E-state index contributed by atoms with van der Waals surface area (Å²) in [5, 5.41) is 10.8. The SMILES string of the molecule is Cc1nc(N[C@@H]2CCc3c2cnn3Cc2ccc(C(F)(F)F)nc2)nc2c1NC(=O)[C@H](C(C)C)N2C. The molecule has 2 atom stereocenters. The molecule has 3 aromatic rings. The number of rotatable bonds is 5. The van der Waals surface area contributed by atoms with E-state index in [-0.39, 0.29) is 23.9 Å². The lowest BCUT2D eigenvalue weighted by atomic mass is 9.99. The number of aromatic nitrogens is 5. The van der Waals surface area contributed by atoms with Crippen molar-refractivity contribution in [2.24, 2.45) is 5.92 Å². The van der Waals surface area contributed by atoms with E-state index in [0.717, 1.165) is 30.2 Å². The van der Waals surface area contributed by atoms with Crippen molar-refractivity contribution < 1.29 is 18.0 Å². The molecule has 9 nitrogen and oxygen atoms in total. The molecule has 36 heavy (non-hydrogen) atoms. The highest BCUT2D eigenvalue weighted by atomic mass is 19.4. The molecule has 0 aromatic carbocycles. The van der Waals surface area contributed by atoms with Crippen LogP contribution in [0, 0.1) is 12.8 Å². The molecule has 190 valence electrons. The third-order valence-electron chi connectivity index (χ3n) is 6.75. The highest BCUT2D eigenvalue weighted by Crippen LogP contribution is 2.37. The summed E-state index contributed by atoms with van der Waals surface area (Å²) in [4.78, 5) is 27.3. The van der Waals surface area contributed by atoms with Crippen LogP contribution in [0.4, 0.5) is 30.6 Å². The number of anilines is 3. The van der Waals surface area contributed by atoms with Crippen LogP contribution in [-0.2, 0) is 23.9 Å². The zero-order valence-electron chi connectivity index (χ0n) is 20.4. The number of likely N-dealkylation sites (N-methyl/N-ethyl adjacent to an activating group) is 1. The van der Waals surface area contributed by atoms with Gasteiger partial charge in [-0.25, -0.2) is 4.98 Å². The second kappa shape index (κ2) is 8.75. The zero-order chi connectivity index (χ0) is 25.8. The number of nitrogens with zero attached hydrogens (tertiary/aromatic N) is 6. The van der Waals surface area contributed by atoms with Gasteiger partial charge in [-0.1, -0.05) is 19.9 Å². The van der Waals surface area contributed by atoms with Crippen LogP contribution in [0.3, 0.4) is 0 Å². The number of halogens is 3. The highest BCUT2D eigenvalue weighted by Gasteiger charge is 2.36. The van der Waals surface area contributed by atoms with E-state index in [1.165, 1.54) is 12.3 Å². The van der Waals surface area contributed by atoms with Crippen LogP contribution >= 0.6 is 0 Å². The Morgan fingerprint density at radius 2 is 2.00 bits per heavy atom. The summed E-state index contributed by atoms with van der Waals surface area (Å²) in [6, 6.07) is 2.04.